The molecule has 0 radical (unpaired) electrons. The number of hydrogen-bond acceptors (Lipinski definition) is 1. The summed E-state index contributed by atoms with van der Waals surface area (Å²) in [5.41, 5.74) is 0.942. The molecule has 0 aromatic heterocycles. The standard InChI is InChI=1S/C15H16FNO/c1-3-17(2)15(18)10-12-6-4-5-11-9-13(16)7-8-14(11)12/h4-9H,3,10H2,1-2H3. The van der Waals surface area contributed by atoms with Crippen LogP contribution in [0, 0.1) is 5.82 Å². The highest BCUT2D eigenvalue weighted by Gasteiger charge is 2.10. The predicted octanol–water partition coefficient (Wildman–Crippen LogP) is 3.00. The van der Waals surface area contributed by atoms with E-state index in [9.17, 15) is 9.18 Å². The van der Waals surface area contributed by atoms with Gasteiger partial charge < -0.3 is 4.90 Å². The van der Waals surface area contributed by atoms with E-state index in [1.165, 1.54) is 12.1 Å². The number of fused-ring (bicyclic) bond motifs is 1. The summed E-state index contributed by atoms with van der Waals surface area (Å²) in [7, 11) is 1.78. The third-order valence-corrected chi connectivity index (χ3v) is 3.17. The van der Waals surface area contributed by atoms with Crippen molar-refractivity contribution in [1.29, 1.82) is 0 Å². The molecule has 0 N–H and O–H groups in total. The summed E-state index contributed by atoms with van der Waals surface area (Å²) < 4.78 is 13.1. The lowest BCUT2D eigenvalue weighted by Gasteiger charge is -2.15. The van der Waals surface area contributed by atoms with Crippen molar-refractivity contribution in [3.63, 3.8) is 0 Å². The van der Waals surface area contributed by atoms with Crippen LogP contribution in [0.5, 0.6) is 0 Å². The van der Waals surface area contributed by atoms with Crippen molar-refractivity contribution in [1.82, 2.24) is 4.90 Å². The average Bonchev–Trinajstić information content (AvgIpc) is 2.37. The molecule has 94 valence electrons. The molecular formula is C15H16FNO. The third-order valence-electron chi connectivity index (χ3n) is 3.17. The third kappa shape index (κ3) is 2.50. The summed E-state index contributed by atoms with van der Waals surface area (Å²) in [5.74, 6) is -0.175. The SMILES string of the molecule is CCN(C)C(=O)Cc1cccc2cc(F)ccc12. The molecule has 0 spiro atoms. The number of likely N-dealkylation sites (N-methyl/N-ethyl adjacent to an activating group) is 1. The van der Waals surface area contributed by atoms with Crippen LogP contribution in [0.4, 0.5) is 4.39 Å². The van der Waals surface area contributed by atoms with E-state index in [-0.39, 0.29) is 11.7 Å². The lowest BCUT2D eigenvalue weighted by Crippen LogP contribution is -2.27. The number of nitrogens with zero attached hydrogens (tertiary/aromatic N) is 1. The lowest BCUT2D eigenvalue weighted by atomic mass is 10.0. The Kier molecular flexibility index (Phi) is 3.60. The largest absolute Gasteiger partial charge is 0.346 e. The van der Waals surface area contributed by atoms with Crippen LogP contribution < -0.4 is 0 Å². The summed E-state index contributed by atoms with van der Waals surface area (Å²) in [6.07, 6.45) is 0.354. The van der Waals surface area contributed by atoms with E-state index < -0.39 is 0 Å². The molecule has 0 aliphatic heterocycles. The van der Waals surface area contributed by atoms with Crippen LogP contribution in [0.2, 0.25) is 0 Å². The fourth-order valence-electron chi connectivity index (χ4n) is 1.95. The molecule has 18 heavy (non-hydrogen) atoms. The van der Waals surface area contributed by atoms with Gasteiger partial charge in [-0.1, -0.05) is 24.3 Å². The first kappa shape index (κ1) is 12.6. The molecular weight excluding hydrogens is 229 g/mol. The Labute approximate surface area is 106 Å². The Morgan fingerprint density at radius 1 is 1.28 bits per heavy atom. The molecule has 0 fully saturated rings. The second-order valence-corrected chi connectivity index (χ2v) is 4.37. The highest BCUT2D eigenvalue weighted by atomic mass is 19.1. The Bertz CT molecular complexity index is 580. The first-order valence-electron chi connectivity index (χ1n) is 6.03. The number of hydrogen-bond donors (Lipinski definition) is 0. The number of amides is 1. The fraction of sp³-hybridized carbons (Fsp3) is 0.267. The lowest BCUT2D eigenvalue weighted by molar-refractivity contribution is -0.128. The number of carbonyl (C=O) groups is 1. The molecule has 2 aromatic rings. The Morgan fingerprint density at radius 2 is 2.06 bits per heavy atom. The highest BCUT2D eigenvalue weighted by Crippen LogP contribution is 2.20. The molecule has 0 aliphatic rings. The summed E-state index contributed by atoms with van der Waals surface area (Å²) in [6.45, 7) is 2.63. The minimum absolute atomic E-state index is 0.0781. The molecule has 0 atom stereocenters. The minimum atomic E-state index is -0.253. The minimum Gasteiger partial charge on any atom is -0.346 e. The van der Waals surface area contributed by atoms with E-state index >= 15 is 0 Å². The van der Waals surface area contributed by atoms with Crippen molar-refractivity contribution in [2.24, 2.45) is 0 Å². The number of halogens is 1. The Balaban J connectivity index is 2.37. The van der Waals surface area contributed by atoms with Gasteiger partial charge in [-0.05, 0) is 35.4 Å². The molecule has 0 unspecified atom stereocenters. The van der Waals surface area contributed by atoms with Gasteiger partial charge in [-0.3, -0.25) is 4.79 Å². The van der Waals surface area contributed by atoms with E-state index in [0.717, 1.165) is 16.3 Å². The monoisotopic (exact) mass is 245 g/mol. The molecule has 0 saturated heterocycles. The van der Waals surface area contributed by atoms with Gasteiger partial charge >= 0.3 is 0 Å². The van der Waals surface area contributed by atoms with Crippen LogP contribution >= 0.6 is 0 Å². The number of carbonyl (C=O) groups excluding carboxylic acids is 1. The maximum atomic E-state index is 13.1. The summed E-state index contributed by atoms with van der Waals surface area (Å²) >= 11 is 0. The van der Waals surface area contributed by atoms with E-state index in [1.807, 2.05) is 25.1 Å². The van der Waals surface area contributed by atoms with Crippen LogP contribution in [-0.2, 0) is 11.2 Å². The fourth-order valence-corrected chi connectivity index (χ4v) is 1.95. The van der Waals surface area contributed by atoms with Gasteiger partial charge in [0.2, 0.25) is 5.91 Å². The number of rotatable bonds is 3. The highest BCUT2D eigenvalue weighted by molar-refractivity contribution is 5.90. The summed E-state index contributed by atoms with van der Waals surface area (Å²) in [6, 6.07) is 10.3. The molecule has 2 nitrogen and oxygen atoms in total. The normalized spacial score (nSPS) is 10.6. The molecule has 2 rings (SSSR count). The van der Waals surface area contributed by atoms with Gasteiger partial charge in [0, 0.05) is 13.6 Å². The van der Waals surface area contributed by atoms with Crippen molar-refractivity contribution < 1.29 is 9.18 Å². The maximum Gasteiger partial charge on any atom is 0.226 e. The van der Waals surface area contributed by atoms with Crippen molar-refractivity contribution in [3.8, 4) is 0 Å². The van der Waals surface area contributed by atoms with E-state index in [0.29, 0.717) is 13.0 Å². The van der Waals surface area contributed by atoms with Crippen molar-refractivity contribution >= 4 is 16.7 Å². The molecule has 1 amide bonds. The average molecular weight is 245 g/mol. The zero-order valence-electron chi connectivity index (χ0n) is 10.6. The van der Waals surface area contributed by atoms with Crippen LogP contribution in [0.3, 0.4) is 0 Å². The van der Waals surface area contributed by atoms with Gasteiger partial charge in [-0.25, -0.2) is 4.39 Å². The smallest absolute Gasteiger partial charge is 0.226 e. The second-order valence-electron chi connectivity index (χ2n) is 4.37. The van der Waals surface area contributed by atoms with Gasteiger partial charge in [0.1, 0.15) is 5.82 Å². The van der Waals surface area contributed by atoms with Gasteiger partial charge in [0.15, 0.2) is 0 Å². The summed E-state index contributed by atoms with van der Waals surface area (Å²) in [4.78, 5) is 13.6. The van der Waals surface area contributed by atoms with Gasteiger partial charge in [-0.15, -0.1) is 0 Å². The van der Waals surface area contributed by atoms with Crippen LogP contribution in [-0.4, -0.2) is 24.4 Å². The molecule has 0 bridgehead atoms. The van der Waals surface area contributed by atoms with Gasteiger partial charge in [-0.2, -0.15) is 0 Å². The number of benzene rings is 2. The van der Waals surface area contributed by atoms with Crippen molar-refractivity contribution in [3.05, 3.63) is 47.8 Å². The van der Waals surface area contributed by atoms with E-state index in [4.69, 9.17) is 0 Å². The van der Waals surface area contributed by atoms with E-state index in [2.05, 4.69) is 0 Å². The Hall–Kier alpha value is -1.90. The van der Waals surface area contributed by atoms with Crippen molar-refractivity contribution in [2.75, 3.05) is 13.6 Å². The maximum absolute atomic E-state index is 13.1. The van der Waals surface area contributed by atoms with Gasteiger partial charge in [0.05, 0.1) is 6.42 Å². The molecule has 0 aliphatic carbocycles. The molecule has 0 saturated carbocycles. The quantitative estimate of drug-likeness (QED) is 0.814. The van der Waals surface area contributed by atoms with Crippen LogP contribution in [0.25, 0.3) is 10.8 Å². The predicted molar refractivity (Wildman–Crippen MR) is 70.9 cm³/mol. The Morgan fingerprint density at radius 3 is 2.78 bits per heavy atom. The van der Waals surface area contributed by atoms with E-state index in [1.54, 1.807) is 18.0 Å². The van der Waals surface area contributed by atoms with Crippen molar-refractivity contribution in [2.45, 2.75) is 13.3 Å². The van der Waals surface area contributed by atoms with Gasteiger partial charge in [0.25, 0.3) is 0 Å². The van der Waals surface area contributed by atoms with Crippen LogP contribution in [0.15, 0.2) is 36.4 Å². The second kappa shape index (κ2) is 5.17. The molecule has 0 heterocycles. The summed E-state index contributed by atoms with van der Waals surface area (Å²) in [5, 5.41) is 1.77. The zero-order valence-corrected chi connectivity index (χ0v) is 10.6. The topological polar surface area (TPSA) is 20.3 Å². The van der Waals surface area contributed by atoms with Crippen LogP contribution in [0.1, 0.15) is 12.5 Å². The molecule has 3 heteroatoms. The first-order chi connectivity index (χ1) is 8.61. The zero-order chi connectivity index (χ0) is 13.1. The first-order valence-corrected chi connectivity index (χ1v) is 6.03. The molecule has 2 aromatic carbocycles.